The van der Waals surface area contributed by atoms with Crippen LogP contribution in [0.3, 0.4) is 0 Å². The summed E-state index contributed by atoms with van der Waals surface area (Å²) < 4.78 is 40.0. The van der Waals surface area contributed by atoms with Crippen LogP contribution in [0.25, 0.3) is 0 Å². The van der Waals surface area contributed by atoms with Crippen molar-refractivity contribution in [3.63, 3.8) is 0 Å². The maximum Gasteiger partial charge on any atom is 0.261 e. The van der Waals surface area contributed by atoms with Gasteiger partial charge in [0.15, 0.2) is 0 Å². The van der Waals surface area contributed by atoms with Gasteiger partial charge < -0.3 is 10.6 Å². The van der Waals surface area contributed by atoms with Crippen molar-refractivity contribution in [2.45, 2.75) is 23.8 Å². The van der Waals surface area contributed by atoms with E-state index in [-0.39, 0.29) is 28.9 Å². The van der Waals surface area contributed by atoms with Crippen LogP contribution in [-0.2, 0) is 10.0 Å². The van der Waals surface area contributed by atoms with Gasteiger partial charge in [0.1, 0.15) is 5.82 Å². The molecule has 1 fully saturated rings. The molecule has 0 radical (unpaired) electrons. The fourth-order valence-corrected chi connectivity index (χ4v) is 3.82. The highest BCUT2D eigenvalue weighted by atomic mass is 35.5. The molecule has 1 heterocycles. The molecule has 3 rings (SSSR count). The molecule has 0 aromatic heterocycles. The maximum absolute atomic E-state index is 12.9. The van der Waals surface area contributed by atoms with Gasteiger partial charge in [0.25, 0.3) is 15.9 Å². The summed E-state index contributed by atoms with van der Waals surface area (Å²) in [6.07, 6.45) is 2.14. The fourth-order valence-electron chi connectivity index (χ4n) is 2.77. The first kappa shape index (κ1) is 21.1. The Morgan fingerprint density at radius 1 is 1.11 bits per heavy atom. The quantitative estimate of drug-likeness (QED) is 0.679. The fraction of sp³-hybridized carbons (Fsp3) is 0.278. The Bertz CT molecular complexity index is 868. The summed E-state index contributed by atoms with van der Waals surface area (Å²) >= 11 is 0. The predicted molar refractivity (Wildman–Crippen MR) is 104 cm³/mol. The lowest BCUT2D eigenvalue weighted by Crippen LogP contribution is -2.37. The number of hydrogen-bond acceptors (Lipinski definition) is 4. The van der Waals surface area contributed by atoms with Gasteiger partial charge in [0, 0.05) is 23.8 Å². The molecule has 2 aromatic carbocycles. The number of nitrogens with one attached hydrogen (secondary N) is 3. The molecular weight excluding hydrogens is 393 g/mol. The molecule has 2 aromatic rings. The molecule has 1 atom stereocenters. The van der Waals surface area contributed by atoms with Crippen molar-refractivity contribution in [3.8, 4) is 0 Å². The largest absolute Gasteiger partial charge is 0.350 e. The van der Waals surface area contributed by atoms with Gasteiger partial charge in [-0.25, -0.2) is 12.8 Å². The summed E-state index contributed by atoms with van der Waals surface area (Å²) in [4.78, 5) is 12.2. The van der Waals surface area contributed by atoms with Crippen LogP contribution in [0.5, 0.6) is 0 Å². The Morgan fingerprint density at radius 3 is 2.37 bits per heavy atom. The molecule has 0 aliphatic carbocycles. The van der Waals surface area contributed by atoms with Crippen molar-refractivity contribution in [2.75, 3.05) is 17.8 Å². The zero-order valence-electron chi connectivity index (χ0n) is 14.4. The number of benzene rings is 2. The van der Waals surface area contributed by atoms with Gasteiger partial charge in [0.05, 0.1) is 4.90 Å². The van der Waals surface area contributed by atoms with Crippen molar-refractivity contribution in [1.82, 2.24) is 10.6 Å². The molecule has 1 unspecified atom stereocenters. The number of amides is 1. The lowest BCUT2D eigenvalue weighted by Gasteiger charge is -2.12. The number of anilines is 1. The molecule has 1 aliphatic rings. The minimum absolute atomic E-state index is 0. The summed E-state index contributed by atoms with van der Waals surface area (Å²) in [5.41, 5.74) is 0.654. The molecule has 3 N–H and O–H groups in total. The summed E-state index contributed by atoms with van der Waals surface area (Å²) in [6.45, 7) is 1.51. The second-order valence-electron chi connectivity index (χ2n) is 6.14. The number of sulfonamides is 1. The van der Waals surface area contributed by atoms with E-state index in [1.165, 1.54) is 48.5 Å². The Balaban J connectivity index is 0.00000261. The SMILES string of the molecule is Cl.O=C(NCC1CCCN1)c1ccc(S(=O)(=O)Nc2ccc(F)cc2)cc1. The normalized spacial score (nSPS) is 16.4. The lowest BCUT2D eigenvalue weighted by molar-refractivity contribution is 0.0950. The van der Waals surface area contributed by atoms with E-state index in [2.05, 4.69) is 15.4 Å². The van der Waals surface area contributed by atoms with Crippen LogP contribution in [0.15, 0.2) is 53.4 Å². The topological polar surface area (TPSA) is 87.3 Å². The van der Waals surface area contributed by atoms with Crippen LogP contribution in [0.2, 0.25) is 0 Å². The van der Waals surface area contributed by atoms with E-state index >= 15 is 0 Å². The van der Waals surface area contributed by atoms with Gasteiger partial charge in [-0.15, -0.1) is 12.4 Å². The standard InChI is InChI=1S/C18H20FN3O3S.ClH/c19-14-5-7-15(8-6-14)22-26(24,25)17-9-3-13(4-10-17)18(23)21-12-16-2-1-11-20-16;/h3-10,16,20,22H,1-2,11-12H2,(H,21,23);1H. The van der Waals surface area contributed by atoms with E-state index in [1.54, 1.807) is 0 Å². The highest BCUT2D eigenvalue weighted by Gasteiger charge is 2.17. The molecule has 1 aliphatic heterocycles. The molecule has 9 heteroatoms. The van der Waals surface area contributed by atoms with Crippen molar-refractivity contribution < 1.29 is 17.6 Å². The van der Waals surface area contributed by atoms with Crippen LogP contribution in [0.1, 0.15) is 23.2 Å². The first-order valence-corrected chi connectivity index (χ1v) is 9.82. The average Bonchev–Trinajstić information content (AvgIpc) is 3.15. The molecule has 0 saturated carbocycles. The van der Waals surface area contributed by atoms with Gasteiger partial charge >= 0.3 is 0 Å². The third-order valence-electron chi connectivity index (χ3n) is 4.19. The van der Waals surface area contributed by atoms with Gasteiger partial charge in [-0.1, -0.05) is 0 Å². The van der Waals surface area contributed by atoms with Gasteiger partial charge in [-0.05, 0) is 67.9 Å². The van der Waals surface area contributed by atoms with Gasteiger partial charge in [-0.2, -0.15) is 0 Å². The summed E-state index contributed by atoms with van der Waals surface area (Å²) in [5, 5.41) is 6.14. The van der Waals surface area contributed by atoms with Gasteiger partial charge in [0.2, 0.25) is 0 Å². The van der Waals surface area contributed by atoms with Crippen molar-refractivity contribution >= 4 is 34.0 Å². The predicted octanol–water partition coefficient (Wildman–Crippen LogP) is 2.53. The molecule has 27 heavy (non-hydrogen) atoms. The van der Waals surface area contributed by atoms with E-state index in [9.17, 15) is 17.6 Å². The zero-order valence-corrected chi connectivity index (χ0v) is 16.1. The van der Waals surface area contributed by atoms with E-state index in [0.29, 0.717) is 18.2 Å². The van der Waals surface area contributed by atoms with E-state index in [4.69, 9.17) is 0 Å². The highest BCUT2D eigenvalue weighted by Crippen LogP contribution is 2.17. The second-order valence-corrected chi connectivity index (χ2v) is 7.82. The molecule has 0 bridgehead atoms. The smallest absolute Gasteiger partial charge is 0.261 e. The Morgan fingerprint density at radius 2 is 1.78 bits per heavy atom. The average molecular weight is 414 g/mol. The van der Waals surface area contributed by atoms with E-state index < -0.39 is 15.8 Å². The van der Waals surface area contributed by atoms with Gasteiger partial charge in [-0.3, -0.25) is 9.52 Å². The van der Waals surface area contributed by atoms with E-state index in [0.717, 1.165) is 19.4 Å². The summed E-state index contributed by atoms with van der Waals surface area (Å²) in [6, 6.07) is 11.0. The minimum Gasteiger partial charge on any atom is -0.350 e. The van der Waals surface area contributed by atoms with Crippen LogP contribution >= 0.6 is 12.4 Å². The number of hydrogen-bond donors (Lipinski definition) is 3. The summed E-state index contributed by atoms with van der Waals surface area (Å²) in [5.74, 6) is -0.690. The third-order valence-corrected chi connectivity index (χ3v) is 5.59. The Labute approximate surface area is 164 Å². The van der Waals surface area contributed by atoms with Crippen LogP contribution in [0, 0.1) is 5.82 Å². The number of carbonyl (C=O) groups is 1. The van der Waals surface area contributed by atoms with Crippen molar-refractivity contribution in [1.29, 1.82) is 0 Å². The number of carbonyl (C=O) groups excluding carboxylic acids is 1. The maximum atomic E-state index is 12.9. The molecule has 1 amide bonds. The van der Waals surface area contributed by atoms with E-state index in [1.807, 2.05) is 0 Å². The second kappa shape index (κ2) is 9.16. The van der Waals surface area contributed by atoms with Crippen LogP contribution < -0.4 is 15.4 Å². The highest BCUT2D eigenvalue weighted by molar-refractivity contribution is 7.92. The monoisotopic (exact) mass is 413 g/mol. The molecular formula is C18H21ClFN3O3S. The third kappa shape index (κ3) is 5.66. The Kier molecular flexibility index (Phi) is 7.18. The minimum atomic E-state index is -3.81. The van der Waals surface area contributed by atoms with Crippen LogP contribution in [-0.4, -0.2) is 33.5 Å². The first-order valence-electron chi connectivity index (χ1n) is 8.34. The molecule has 146 valence electrons. The molecule has 6 nitrogen and oxygen atoms in total. The Hall–Kier alpha value is -2.16. The first-order chi connectivity index (χ1) is 12.4. The number of halogens is 2. The van der Waals surface area contributed by atoms with Crippen molar-refractivity contribution in [2.24, 2.45) is 0 Å². The molecule has 0 spiro atoms. The zero-order chi connectivity index (χ0) is 18.6. The lowest BCUT2D eigenvalue weighted by atomic mass is 10.2. The molecule has 1 saturated heterocycles. The van der Waals surface area contributed by atoms with Crippen molar-refractivity contribution in [3.05, 3.63) is 59.9 Å². The number of rotatable bonds is 6. The van der Waals surface area contributed by atoms with Crippen LogP contribution in [0.4, 0.5) is 10.1 Å². The summed E-state index contributed by atoms with van der Waals surface area (Å²) in [7, 11) is -3.81.